The van der Waals surface area contributed by atoms with Crippen molar-refractivity contribution in [2.75, 3.05) is 26.9 Å². The van der Waals surface area contributed by atoms with Gasteiger partial charge in [-0.05, 0) is 81.2 Å². The second-order valence-electron chi connectivity index (χ2n) is 9.75. The van der Waals surface area contributed by atoms with Crippen LogP contribution in [0.1, 0.15) is 75.2 Å². The van der Waals surface area contributed by atoms with Gasteiger partial charge in [0, 0.05) is 13.2 Å². The maximum atomic E-state index is 12.4. The van der Waals surface area contributed by atoms with Crippen LogP contribution in [0.5, 0.6) is 0 Å². The van der Waals surface area contributed by atoms with Crippen molar-refractivity contribution in [2.24, 2.45) is 0 Å². The van der Waals surface area contributed by atoms with Gasteiger partial charge in [-0.1, -0.05) is 0 Å². The van der Waals surface area contributed by atoms with Gasteiger partial charge >= 0.3 is 5.97 Å². The molecule has 0 amide bonds. The summed E-state index contributed by atoms with van der Waals surface area (Å²) < 4.78 is 27.7. The second-order valence-corrected chi connectivity index (χ2v) is 9.75. The molecule has 0 spiro atoms. The molecule has 7 heteroatoms. The molecule has 0 aromatic carbocycles. The van der Waals surface area contributed by atoms with E-state index in [-0.39, 0.29) is 30.2 Å². The van der Waals surface area contributed by atoms with Gasteiger partial charge in [-0.15, -0.1) is 0 Å². The average Bonchev–Trinajstić information content (AvgIpc) is 2.63. The highest BCUT2D eigenvalue weighted by Gasteiger charge is 2.28. The Hall–Kier alpha value is -1.28. The number of carbonyl (C=O) groups is 2. The summed E-state index contributed by atoms with van der Waals surface area (Å²) in [6, 6.07) is 0. The first kappa shape index (κ1) is 29.7. The van der Waals surface area contributed by atoms with Crippen molar-refractivity contribution in [3.05, 3.63) is 12.2 Å². The number of hydrogen-bond donors (Lipinski definition) is 0. The molecule has 0 saturated heterocycles. The number of esters is 1. The monoisotopic (exact) mass is 444 g/mol. The summed E-state index contributed by atoms with van der Waals surface area (Å²) in [6.07, 6.45) is 3.57. The summed E-state index contributed by atoms with van der Waals surface area (Å²) in [7, 11) is 1.69. The molecular weight excluding hydrogens is 400 g/mol. The van der Waals surface area contributed by atoms with Crippen molar-refractivity contribution in [3.63, 3.8) is 0 Å². The third-order valence-electron chi connectivity index (χ3n) is 4.85. The van der Waals surface area contributed by atoms with Gasteiger partial charge in [-0.2, -0.15) is 0 Å². The van der Waals surface area contributed by atoms with E-state index in [0.29, 0.717) is 19.6 Å². The number of methoxy groups -OCH3 is 1. The highest BCUT2D eigenvalue weighted by molar-refractivity contribution is 6.00. The molecule has 0 aliphatic heterocycles. The zero-order valence-corrected chi connectivity index (χ0v) is 21.2. The van der Waals surface area contributed by atoms with Crippen LogP contribution in [-0.4, -0.2) is 67.7 Å². The van der Waals surface area contributed by atoms with Gasteiger partial charge in [0.2, 0.25) is 0 Å². The Labute approximate surface area is 188 Å². The Morgan fingerprint density at radius 2 is 1.39 bits per heavy atom. The van der Waals surface area contributed by atoms with Crippen molar-refractivity contribution in [2.45, 2.75) is 104 Å². The van der Waals surface area contributed by atoms with Crippen LogP contribution in [0.2, 0.25) is 0 Å². The molecule has 0 bridgehead atoms. The van der Waals surface area contributed by atoms with Gasteiger partial charge in [-0.3, -0.25) is 4.79 Å². The lowest BCUT2D eigenvalue weighted by Gasteiger charge is -2.30. The van der Waals surface area contributed by atoms with Crippen LogP contribution >= 0.6 is 0 Å². The van der Waals surface area contributed by atoms with Crippen LogP contribution in [0.4, 0.5) is 0 Å². The Kier molecular flexibility index (Phi) is 12.8. The molecule has 0 saturated carbocycles. The first-order valence-corrected chi connectivity index (χ1v) is 11.0. The minimum absolute atomic E-state index is 0.0522. The third-order valence-corrected chi connectivity index (χ3v) is 4.85. The first-order chi connectivity index (χ1) is 14.1. The van der Waals surface area contributed by atoms with Crippen LogP contribution in [-0.2, 0) is 33.3 Å². The number of hydrogen-bond acceptors (Lipinski definition) is 7. The third kappa shape index (κ3) is 14.4. The van der Waals surface area contributed by atoms with Gasteiger partial charge in [0.15, 0.2) is 5.78 Å². The molecule has 0 N–H and O–H groups in total. The molecule has 1 atom stereocenters. The molecule has 0 rings (SSSR count). The van der Waals surface area contributed by atoms with E-state index in [1.807, 2.05) is 48.5 Å². The van der Waals surface area contributed by atoms with Crippen molar-refractivity contribution in [1.82, 2.24) is 0 Å². The summed E-state index contributed by atoms with van der Waals surface area (Å²) in [5, 5.41) is 0. The molecule has 0 radical (unpaired) electrons. The maximum absolute atomic E-state index is 12.4. The van der Waals surface area contributed by atoms with E-state index in [9.17, 15) is 9.59 Å². The van der Waals surface area contributed by atoms with Crippen LogP contribution in [0.3, 0.4) is 0 Å². The van der Waals surface area contributed by atoms with Gasteiger partial charge < -0.3 is 23.7 Å². The Morgan fingerprint density at radius 3 is 1.94 bits per heavy atom. The van der Waals surface area contributed by atoms with Crippen LogP contribution in [0, 0.1) is 0 Å². The van der Waals surface area contributed by atoms with Gasteiger partial charge in [0.05, 0.1) is 36.6 Å². The first-order valence-electron chi connectivity index (χ1n) is 11.0. The molecule has 0 fully saturated rings. The largest absolute Gasteiger partial charge is 0.460 e. The van der Waals surface area contributed by atoms with Gasteiger partial charge in [0.1, 0.15) is 12.2 Å². The van der Waals surface area contributed by atoms with Gasteiger partial charge in [-0.25, -0.2) is 4.79 Å². The molecule has 7 nitrogen and oxygen atoms in total. The van der Waals surface area contributed by atoms with Crippen LogP contribution in [0.25, 0.3) is 0 Å². The van der Waals surface area contributed by atoms with E-state index in [4.69, 9.17) is 23.7 Å². The topological polar surface area (TPSA) is 80.3 Å². The standard InChI is InChI=1S/C24H44O7/c1-18(2)31-19(3)17-28-21(26)12-11-20(25)24(8,9)30-16-14-23(6,7)29-15-13-22(4,5)27-10/h11-12,18-19H,13-17H2,1-10H3/b12-11+. The normalized spacial score (nSPS) is 14.3. The molecule has 0 aromatic heterocycles. The van der Waals surface area contributed by atoms with Crippen molar-refractivity contribution >= 4 is 11.8 Å². The van der Waals surface area contributed by atoms with Gasteiger partial charge in [0.25, 0.3) is 0 Å². The Morgan fingerprint density at radius 1 is 0.839 bits per heavy atom. The highest BCUT2D eigenvalue weighted by atomic mass is 16.6. The van der Waals surface area contributed by atoms with E-state index in [2.05, 4.69) is 0 Å². The second kappa shape index (κ2) is 13.3. The summed E-state index contributed by atoms with van der Waals surface area (Å²) in [5.74, 6) is -0.895. The SMILES string of the molecule is COC(C)(C)CCOC(C)(C)CCOC(C)(C)C(=O)/C=C/C(=O)OCC(C)OC(C)C. The molecular formula is C24H44O7. The van der Waals surface area contributed by atoms with E-state index in [1.54, 1.807) is 21.0 Å². The van der Waals surface area contributed by atoms with E-state index in [0.717, 1.165) is 12.5 Å². The molecule has 0 heterocycles. The number of carbonyl (C=O) groups excluding carboxylic acids is 2. The summed E-state index contributed by atoms with van der Waals surface area (Å²) >= 11 is 0. The van der Waals surface area contributed by atoms with E-state index in [1.165, 1.54) is 6.08 Å². The maximum Gasteiger partial charge on any atom is 0.330 e. The molecule has 182 valence electrons. The van der Waals surface area contributed by atoms with Crippen molar-refractivity contribution in [3.8, 4) is 0 Å². The van der Waals surface area contributed by atoms with Crippen LogP contribution in [0.15, 0.2) is 12.2 Å². The fourth-order valence-corrected chi connectivity index (χ4v) is 2.47. The quantitative estimate of drug-likeness (QED) is 0.260. The number of ether oxygens (including phenoxy) is 5. The molecule has 31 heavy (non-hydrogen) atoms. The fraction of sp³-hybridized carbons (Fsp3) is 0.833. The zero-order chi connectivity index (χ0) is 24.3. The van der Waals surface area contributed by atoms with E-state index < -0.39 is 17.2 Å². The average molecular weight is 445 g/mol. The zero-order valence-electron chi connectivity index (χ0n) is 21.2. The minimum Gasteiger partial charge on any atom is -0.460 e. The predicted octanol–water partition coefficient (Wildman–Crippen LogP) is 4.26. The molecule has 0 aliphatic rings. The Bertz CT molecular complexity index is 576. The number of rotatable bonds is 16. The predicted molar refractivity (Wildman–Crippen MR) is 121 cm³/mol. The molecule has 0 aromatic rings. The van der Waals surface area contributed by atoms with E-state index >= 15 is 0 Å². The molecule has 0 aliphatic carbocycles. The lowest BCUT2D eigenvalue weighted by molar-refractivity contribution is -0.143. The van der Waals surface area contributed by atoms with Crippen molar-refractivity contribution < 1.29 is 33.3 Å². The lowest BCUT2D eigenvalue weighted by atomic mass is 10.0. The minimum atomic E-state index is -1.06. The summed E-state index contributed by atoms with van der Waals surface area (Å²) in [6.45, 7) is 18.1. The summed E-state index contributed by atoms with van der Waals surface area (Å²) in [5.41, 5.74) is -1.68. The van der Waals surface area contributed by atoms with Crippen LogP contribution < -0.4 is 0 Å². The lowest BCUT2D eigenvalue weighted by Crippen LogP contribution is -2.37. The Balaban J connectivity index is 4.40. The van der Waals surface area contributed by atoms with Crippen molar-refractivity contribution in [1.29, 1.82) is 0 Å². The summed E-state index contributed by atoms with van der Waals surface area (Å²) in [4.78, 5) is 24.3. The smallest absolute Gasteiger partial charge is 0.330 e. The number of ketones is 1. The fourth-order valence-electron chi connectivity index (χ4n) is 2.47. The highest BCUT2D eigenvalue weighted by Crippen LogP contribution is 2.21. The molecule has 1 unspecified atom stereocenters.